The highest BCUT2D eigenvalue weighted by atomic mass is 35.5. The zero-order valence-electron chi connectivity index (χ0n) is 8.23. The van der Waals surface area contributed by atoms with Crippen LogP contribution < -0.4 is 0 Å². The van der Waals surface area contributed by atoms with Crippen molar-refractivity contribution in [1.29, 1.82) is 0 Å². The predicted molar refractivity (Wildman–Crippen MR) is 57.3 cm³/mol. The van der Waals surface area contributed by atoms with Gasteiger partial charge in [-0.3, -0.25) is 14.5 Å². The van der Waals surface area contributed by atoms with Gasteiger partial charge < -0.3 is 0 Å². The number of halogens is 1. The van der Waals surface area contributed by atoms with Crippen molar-refractivity contribution in [2.75, 3.05) is 6.54 Å². The van der Waals surface area contributed by atoms with Gasteiger partial charge in [-0.2, -0.15) is 0 Å². The molecule has 2 amide bonds. The Morgan fingerprint density at radius 3 is 2.87 bits per heavy atom. The standard InChI is InChI=1S/C11H12ClNO2/c1-2-5-13-10(14)8-4-3-7(12)6-9(8)11(13)15/h2-4,7-9H,1,5-6H2. The molecule has 1 aliphatic carbocycles. The summed E-state index contributed by atoms with van der Waals surface area (Å²) < 4.78 is 0. The molecule has 1 aliphatic heterocycles. The number of alkyl halides is 1. The van der Waals surface area contributed by atoms with Crippen molar-refractivity contribution in [2.45, 2.75) is 11.8 Å². The Balaban J connectivity index is 2.26. The molecular weight excluding hydrogens is 214 g/mol. The van der Waals surface area contributed by atoms with Gasteiger partial charge in [0.15, 0.2) is 0 Å². The van der Waals surface area contributed by atoms with E-state index in [0.29, 0.717) is 13.0 Å². The summed E-state index contributed by atoms with van der Waals surface area (Å²) in [6, 6.07) is 0. The number of carbonyl (C=O) groups excluding carboxylic acids is 2. The molecule has 0 aromatic heterocycles. The van der Waals surface area contributed by atoms with Crippen molar-refractivity contribution in [3.63, 3.8) is 0 Å². The first-order valence-electron chi connectivity index (χ1n) is 4.93. The van der Waals surface area contributed by atoms with Crippen LogP contribution in [0.4, 0.5) is 0 Å². The summed E-state index contributed by atoms with van der Waals surface area (Å²) in [5, 5.41) is -0.133. The van der Waals surface area contributed by atoms with Crippen LogP contribution in [-0.4, -0.2) is 28.6 Å². The molecule has 2 aliphatic rings. The quantitative estimate of drug-likeness (QED) is 0.404. The van der Waals surface area contributed by atoms with Gasteiger partial charge in [0, 0.05) is 6.54 Å². The summed E-state index contributed by atoms with van der Waals surface area (Å²) >= 11 is 5.93. The first-order valence-corrected chi connectivity index (χ1v) is 5.37. The molecule has 0 radical (unpaired) electrons. The lowest BCUT2D eigenvalue weighted by atomic mass is 9.86. The molecule has 1 heterocycles. The van der Waals surface area contributed by atoms with Gasteiger partial charge in [-0.25, -0.2) is 0 Å². The van der Waals surface area contributed by atoms with Crippen LogP contribution in [0, 0.1) is 11.8 Å². The van der Waals surface area contributed by atoms with Crippen LogP contribution in [0.5, 0.6) is 0 Å². The molecule has 2 rings (SSSR count). The van der Waals surface area contributed by atoms with Crippen LogP contribution in [0.1, 0.15) is 6.42 Å². The summed E-state index contributed by atoms with van der Waals surface area (Å²) in [5.74, 6) is -0.790. The van der Waals surface area contributed by atoms with E-state index in [1.54, 1.807) is 18.2 Å². The molecule has 3 atom stereocenters. The predicted octanol–water partition coefficient (Wildman–Crippen LogP) is 1.34. The average molecular weight is 226 g/mol. The molecular formula is C11H12ClNO2. The number of likely N-dealkylation sites (tertiary alicyclic amines) is 1. The van der Waals surface area contributed by atoms with Crippen LogP contribution in [0.25, 0.3) is 0 Å². The number of nitrogens with zero attached hydrogens (tertiary/aromatic N) is 1. The zero-order chi connectivity index (χ0) is 11.0. The van der Waals surface area contributed by atoms with Crippen molar-refractivity contribution >= 4 is 23.4 Å². The number of hydrogen-bond acceptors (Lipinski definition) is 2. The van der Waals surface area contributed by atoms with E-state index in [-0.39, 0.29) is 29.0 Å². The van der Waals surface area contributed by atoms with Crippen molar-refractivity contribution in [2.24, 2.45) is 11.8 Å². The summed E-state index contributed by atoms with van der Waals surface area (Å²) in [6.45, 7) is 3.83. The summed E-state index contributed by atoms with van der Waals surface area (Å²) in [6.07, 6.45) is 5.68. The molecule has 4 heteroatoms. The highest BCUT2D eigenvalue weighted by molar-refractivity contribution is 6.22. The normalized spacial score (nSPS) is 34.5. The summed E-state index contributed by atoms with van der Waals surface area (Å²) in [4.78, 5) is 24.9. The molecule has 0 N–H and O–H groups in total. The van der Waals surface area contributed by atoms with E-state index in [1.807, 2.05) is 0 Å². The number of allylic oxidation sites excluding steroid dienone is 1. The van der Waals surface area contributed by atoms with Gasteiger partial charge in [0.2, 0.25) is 11.8 Å². The number of amides is 2. The number of imide groups is 1. The number of rotatable bonds is 2. The second-order valence-corrected chi connectivity index (χ2v) is 4.41. The third-order valence-electron chi connectivity index (χ3n) is 2.89. The van der Waals surface area contributed by atoms with Crippen LogP contribution in [0.3, 0.4) is 0 Å². The van der Waals surface area contributed by atoms with Gasteiger partial charge in [-0.1, -0.05) is 18.2 Å². The van der Waals surface area contributed by atoms with Gasteiger partial charge in [0.1, 0.15) is 0 Å². The van der Waals surface area contributed by atoms with Gasteiger partial charge in [-0.05, 0) is 6.42 Å². The van der Waals surface area contributed by atoms with Gasteiger partial charge in [-0.15, -0.1) is 18.2 Å². The smallest absolute Gasteiger partial charge is 0.237 e. The fraction of sp³-hybridized carbons (Fsp3) is 0.455. The molecule has 1 saturated heterocycles. The Bertz CT molecular complexity index is 350. The molecule has 15 heavy (non-hydrogen) atoms. The van der Waals surface area contributed by atoms with Gasteiger partial charge >= 0.3 is 0 Å². The summed E-state index contributed by atoms with van der Waals surface area (Å²) in [5.41, 5.74) is 0. The zero-order valence-corrected chi connectivity index (χ0v) is 8.98. The van der Waals surface area contributed by atoms with E-state index in [1.165, 1.54) is 4.90 Å². The van der Waals surface area contributed by atoms with E-state index in [2.05, 4.69) is 6.58 Å². The highest BCUT2D eigenvalue weighted by Gasteiger charge is 2.47. The van der Waals surface area contributed by atoms with Crippen LogP contribution in [0.15, 0.2) is 24.8 Å². The van der Waals surface area contributed by atoms with Crippen molar-refractivity contribution < 1.29 is 9.59 Å². The Hall–Kier alpha value is -1.09. The Morgan fingerprint density at radius 1 is 1.47 bits per heavy atom. The molecule has 0 aromatic rings. The fourth-order valence-corrected chi connectivity index (χ4v) is 2.42. The molecule has 0 spiro atoms. The minimum atomic E-state index is -0.299. The SMILES string of the molecule is C=CCN1C(=O)C2C=CC(Cl)CC2C1=O. The molecule has 80 valence electrons. The van der Waals surface area contributed by atoms with Crippen LogP contribution in [-0.2, 0) is 9.59 Å². The van der Waals surface area contributed by atoms with E-state index >= 15 is 0 Å². The minimum absolute atomic E-state index is 0.111. The Kier molecular flexibility index (Phi) is 2.65. The third-order valence-corrected chi connectivity index (χ3v) is 3.21. The maximum absolute atomic E-state index is 11.9. The van der Waals surface area contributed by atoms with E-state index in [9.17, 15) is 9.59 Å². The van der Waals surface area contributed by atoms with Crippen molar-refractivity contribution in [3.8, 4) is 0 Å². The second-order valence-electron chi connectivity index (χ2n) is 3.84. The molecule has 0 saturated carbocycles. The second kappa shape index (κ2) is 3.81. The minimum Gasteiger partial charge on any atom is -0.278 e. The van der Waals surface area contributed by atoms with Crippen molar-refractivity contribution in [1.82, 2.24) is 4.90 Å². The monoisotopic (exact) mass is 225 g/mol. The van der Waals surface area contributed by atoms with Crippen LogP contribution >= 0.6 is 11.6 Å². The molecule has 3 nitrogen and oxygen atoms in total. The largest absolute Gasteiger partial charge is 0.278 e. The molecule has 1 fully saturated rings. The van der Waals surface area contributed by atoms with E-state index in [0.717, 1.165) is 0 Å². The lowest BCUT2D eigenvalue weighted by Gasteiger charge is -2.18. The fourth-order valence-electron chi connectivity index (χ4n) is 2.15. The van der Waals surface area contributed by atoms with E-state index in [4.69, 9.17) is 11.6 Å². The lowest BCUT2D eigenvalue weighted by molar-refractivity contribution is -0.139. The summed E-state index contributed by atoms with van der Waals surface area (Å²) in [7, 11) is 0. The first kappa shape index (κ1) is 10.4. The third kappa shape index (κ3) is 1.61. The molecule has 0 bridgehead atoms. The van der Waals surface area contributed by atoms with Gasteiger partial charge in [0.05, 0.1) is 17.2 Å². The molecule has 3 unspecified atom stereocenters. The lowest BCUT2D eigenvalue weighted by Crippen LogP contribution is -2.31. The average Bonchev–Trinajstić information content (AvgIpc) is 2.44. The Labute approximate surface area is 93.4 Å². The first-order chi connectivity index (χ1) is 7.15. The topological polar surface area (TPSA) is 37.4 Å². The van der Waals surface area contributed by atoms with Crippen LogP contribution in [0.2, 0.25) is 0 Å². The number of fused-ring (bicyclic) bond motifs is 1. The highest BCUT2D eigenvalue weighted by Crippen LogP contribution is 2.35. The molecule has 0 aromatic carbocycles. The Morgan fingerprint density at radius 2 is 2.20 bits per heavy atom. The van der Waals surface area contributed by atoms with E-state index < -0.39 is 0 Å². The number of carbonyl (C=O) groups is 2. The van der Waals surface area contributed by atoms with Gasteiger partial charge in [0.25, 0.3) is 0 Å². The van der Waals surface area contributed by atoms with Crippen molar-refractivity contribution in [3.05, 3.63) is 24.8 Å². The maximum atomic E-state index is 11.9. The maximum Gasteiger partial charge on any atom is 0.237 e. The number of hydrogen-bond donors (Lipinski definition) is 0.